The van der Waals surface area contributed by atoms with Gasteiger partial charge in [0, 0.05) is 44.0 Å². The summed E-state index contributed by atoms with van der Waals surface area (Å²) in [5.74, 6) is 0.591. The average molecular weight is 353 g/mol. The maximum absolute atomic E-state index is 13.0. The van der Waals surface area contributed by atoms with Crippen molar-refractivity contribution < 1.29 is 9.53 Å². The first kappa shape index (κ1) is 16.8. The topological polar surface area (TPSA) is 63.6 Å². The SMILES string of the molecule is COc1cc(-c2cc(C)c(=O)n(C)c2)ccc1C(=O)N1C[C@@H]2CC1CN2. The zero-order valence-electron chi connectivity index (χ0n) is 15.3. The molecule has 2 aliphatic rings. The van der Waals surface area contributed by atoms with Crippen molar-refractivity contribution in [2.45, 2.75) is 25.4 Å². The Morgan fingerprint density at radius 1 is 1.27 bits per heavy atom. The Hall–Kier alpha value is -2.60. The summed E-state index contributed by atoms with van der Waals surface area (Å²) >= 11 is 0. The van der Waals surface area contributed by atoms with Crippen molar-refractivity contribution in [3.8, 4) is 16.9 Å². The minimum atomic E-state index is -0.00907. The first-order valence-corrected chi connectivity index (χ1v) is 8.88. The molecule has 6 nitrogen and oxygen atoms in total. The molecule has 2 aliphatic heterocycles. The monoisotopic (exact) mass is 353 g/mol. The van der Waals surface area contributed by atoms with Crippen LogP contribution in [0.1, 0.15) is 22.3 Å². The van der Waals surface area contributed by atoms with Crippen LogP contribution < -0.4 is 15.6 Å². The van der Waals surface area contributed by atoms with Gasteiger partial charge in [-0.2, -0.15) is 0 Å². The predicted octanol–water partition coefficient (Wildman–Crippen LogP) is 1.56. The number of ether oxygens (including phenoxy) is 1. The number of likely N-dealkylation sites (tertiary alicyclic amines) is 1. The summed E-state index contributed by atoms with van der Waals surface area (Å²) in [6.45, 7) is 3.43. The maximum atomic E-state index is 13.0. The summed E-state index contributed by atoms with van der Waals surface area (Å²) in [5.41, 5.74) is 3.10. The van der Waals surface area contributed by atoms with Crippen LogP contribution in [0.4, 0.5) is 0 Å². The molecule has 2 atom stereocenters. The van der Waals surface area contributed by atoms with Gasteiger partial charge in [-0.05, 0) is 42.7 Å². The van der Waals surface area contributed by atoms with Crippen molar-refractivity contribution >= 4 is 5.91 Å². The van der Waals surface area contributed by atoms with E-state index in [2.05, 4.69) is 5.32 Å². The van der Waals surface area contributed by atoms with Gasteiger partial charge in [-0.25, -0.2) is 0 Å². The number of fused-ring (bicyclic) bond motifs is 2. The Balaban J connectivity index is 1.69. The molecule has 0 saturated carbocycles. The second-order valence-electron chi connectivity index (χ2n) is 7.20. The number of nitrogens with zero attached hydrogens (tertiary/aromatic N) is 2. The van der Waals surface area contributed by atoms with Crippen LogP contribution in [-0.2, 0) is 7.05 Å². The molecule has 1 N–H and O–H groups in total. The lowest BCUT2D eigenvalue weighted by Gasteiger charge is -2.28. The fourth-order valence-electron chi connectivity index (χ4n) is 4.05. The summed E-state index contributed by atoms with van der Waals surface area (Å²) in [5, 5.41) is 3.41. The molecule has 136 valence electrons. The van der Waals surface area contributed by atoms with E-state index in [1.165, 1.54) is 0 Å². The van der Waals surface area contributed by atoms with Crippen LogP contribution in [0.5, 0.6) is 5.75 Å². The highest BCUT2D eigenvalue weighted by molar-refractivity contribution is 5.98. The maximum Gasteiger partial charge on any atom is 0.257 e. The first-order chi connectivity index (χ1) is 12.5. The molecule has 0 spiro atoms. The van der Waals surface area contributed by atoms with Crippen LogP contribution in [0.2, 0.25) is 0 Å². The predicted molar refractivity (Wildman–Crippen MR) is 99.6 cm³/mol. The van der Waals surface area contributed by atoms with Crippen molar-refractivity contribution in [3.05, 3.63) is 51.9 Å². The Labute approximate surface area is 152 Å². The van der Waals surface area contributed by atoms with Crippen LogP contribution in [0.15, 0.2) is 35.3 Å². The quantitative estimate of drug-likeness (QED) is 0.910. The fraction of sp³-hybridized carbons (Fsp3) is 0.400. The van der Waals surface area contributed by atoms with E-state index >= 15 is 0 Å². The Morgan fingerprint density at radius 3 is 2.69 bits per heavy atom. The van der Waals surface area contributed by atoms with Crippen molar-refractivity contribution in [1.82, 2.24) is 14.8 Å². The second kappa shape index (κ2) is 6.29. The van der Waals surface area contributed by atoms with Gasteiger partial charge in [-0.1, -0.05) is 6.07 Å². The molecule has 2 saturated heterocycles. The van der Waals surface area contributed by atoms with E-state index in [0.29, 0.717) is 22.9 Å². The van der Waals surface area contributed by atoms with Crippen LogP contribution in [0.3, 0.4) is 0 Å². The van der Waals surface area contributed by atoms with Gasteiger partial charge < -0.3 is 19.5 Å². The van der Waals surface area contributed by atoms with E-state index in [1.54, 1.807) is 31.8 Å². The molecule has 1 aromatic heterocycles. The van der Waals surface area contributed by atoms with Crippen LogP contribution in [-0.4, -0.2) is 47.7 Å². The smallest absolute Gasteiger partial charge is 0.257 e. The van der Waals surface area contributed by atoms with Gasteiger partial charge in [0.2, 0.25) is 0 Å². The molecule has 6 heteroatoms. The molecular formula is C20H23N3O3. The minimum absolute atomic E-state index is 0.00907. The molecular weight excluding hydrogens is 330 g/mol. The molecule has 2 bridgehead atoms. The molecule has 3 heterocycles. The standard InChI is InChI=1S/C20H23N3O3/c1-12-6-14(10-22(2)19(12)24)13-4-5-17(18(7-13)26-3)20(25)23-11-15-8-16(23)9-21-15/h4-7,10,15-16,21H,8-9,11H2,1-3H3/t15-,16?/m0/s1. The number of amides is 1. The van der Waals surface area contributed by atoms with Crippen molar-refractivity contribution in [1.29, 1.82) is 0 Å². The highest BCUT2D eigenvalue weighted by Gasteiger charge is 2.40. The number of hydrogen-bond acceptors (Lipinski definition) is 4. The van der Waals surface area contributed by atoms with E-state index in [-0.39, 0.29) is 17.5 Å². The van der Waals surface area contributed by atoms with Crippen molar-refractivity contribution in [2.75, 3.05) is 20.2 Å². The third kappa shape index (κ3) is 2.70. The van der Waals surface area contributed by atoms with Gasteiger partial charge in [0.15, 0.2) is 0 Å². The Kier molecular flexibility index (Phi) is 4.07. The van der Waals surface area contributed by atoms with Gasteiger partial charge in [-0.15, -0.1) is 0 Å². The number of aryl methyl sites for hydroxylation is 2. The average Bonchev–Trinajstić information content (AvgIpc) is 3.28. The number of carbonyl (C=O) groups is 1. The lowest BCUT2D eigenvalue weighted by atomic mass is 10.0. The fourth-order valence-corrected chi connectivity index (χ4v) is 4.05. The Bertz CT molecular complexity index is 908. The molecule has 4 rings (SSSR count). The van der Waals surface area contributed by atoms with E-state index in [0.717, 1.165) is 30.6 Å². The van der Waals surface area contributed by atoms with Crippen molar-refractivity contribution in [2.24, 2.45) is 7.05 Å². The summed E-state index contributed by atoms with van der Waals surface area (Å²) in [6.07, 6.45) is 2.83. The normalized spacial score (nSPS) is 21.3. The van der Waals surface area contributed by atoms with Crippen LogP contribution in [0.25, 0.3) is 11.1 Å². The number of rotatable bonds is 3. The number of piperazine rings is 1. The number of aromatic nitrogens is 1. The van der Waals surface area contributed by atoms with Gasteiger partial charge in [0.1, 0.15) is 5.75 Å². The van der Waals surface area contributed by atoms with E-state index in [4.69, 9.17) is 4.74 Å². The largest absolute Gasteiger partial charge is 0.496 e. The van der Waals surface area contributed by atoms with Gasteiger partial charge in [0.25, 0.3) is 11.5 Å². The molecule has 1 unspecified atom stereocenters. The summed E-state index contributed by atoms with van der Waals surface area (Å²) in [6, 6.07) is 8.19. The highest BCUT2D eigenvalue weighted by atomic mass is 16.5. The summed E-state index contributed by atoms with van der Waals surface area (Å²) in [7, 11) is 3.32. The number of nitrogens with one attached hydrogen (secondary N) is 1. The molecule has 1 amide bonds. The molecule has 1 aromatic carbocycles. The third-order valence-corrected chi connectivity index (χ3v) is 5.45. The van der Waals surface area contributed by atoms with Crippen LogP contribution in [0, 0.1) is 6.92 Å². The van der Waals surface area contributed by atoms with E-state index in [9.17, 15) is 9.59 Å². The zero-order valence-corrected chi connectivity index (χ0v) is 15.3. The number of carbonyl (C=O) groups excluding carboxylic acids is 1. The molecule has 0 radical (unpaired) electrons. The number of pyridine rings is 1. The highest BCUT2D eigenvalue weighted by Crippen LogP contribution is 2.31. The minimum Gasteiger partial charge on any atom is -0.496 e. The van der Waals surface area contributed by atoms with E-state index in [1.807, 2.05) is 29.2 Å². The van der Waals surface area contributed by atoms with Gasteiger partial charge in [-0.3, -0.25) is 9.59 Å². The Morgan fingerprint density at radius 2 is 2.08 bits per heavy atom. The molecule has 0 aliphatic carbocycles. The molecule has 2 fully saturated rings. The number of hydrogen-bond donors (Lipinski definition) is 1. The van der Waals surface area contributed by atoms with Gasteiger partial charge >= 0.3 is 0 Å². The van der Waals surface area contributed by atoms with Crippen molar-refractivity contribution in [3.63, 3.8) is 0 Å². The lowest BCUT2D eigenvalue weighted by Crippen LogP contribution is -2.46. The van der Waals surface area contributed by atoms with Gasteiger partial charge in [0.05, 0.1) is 12.7 Å². The second-order valence-corrected chi connectivity index (χ2v) is 7.20. The zero-order chi connectivity index (χ0) is 18.4. The molecule has 26 heavy (non-hydrogen) atoms. The first-order valence-electron chi connectivity index (χ1n) is 8.88. The summed E-state index contributed by atoms with van der Waals surface area (Å²) in [4.78, 5) is 26.9. The lowest BCUT2D eigenvalue weighted by molar-refractivity contribution is 0.0712. The third-order valence-electron chi connectivity index (χ3n) is 5.45. The number of methoxy groups -OCH3 is 1. The van der Waals surface area contributed by atoms with Crippen LogP contribution >= 0.6 is 0 Å². The molecule has 2 aromatic rings. The number of benzene rings is 1. The summed E-state index contributed by atoms with van der Waals surface area (Å²) < 4.78 is 7.09. The van der Waals surface area contributed by atoms with E-state index < -0.39 is 0 Å².